The Labute approximate surface area is 284 Å². The van der Waals surface area contributed by atoms with Crippen molar-refractivity contribution in [2.45, 2.75) is 186 Å². The van der Waals surface area contributed by atoms with Gasteiger partial charge in [0.05, 0.1) is 5.66 Å². The summed E-state index contributed by atoms with van der Waals surface area (Å²) in [4.78, 5) is 2.29. The second-order valence-electron chi connectivity index (χ2n) is 13.7. The summed E-state index contributed by atoms with van der Waals surface area (Å²) >= 11 is 0. The van der Waals surface area contributed by atoms with Crippen LogP contribution in [0.4, 0.5) is 0 Å². The van der Waals surface area contributed by atoms with E-state index in [-0.39, 0.29) is 5.66 Å². The molecule has 0 aliphatic rings. The zero-order valence-corrected chi connectivity index (χ0v) is 31.4. The highest BCUT2D eigenvalue weighted by Crippen LogP contribution is 2.21. The lowest BCUT2D eigenvalue weighted by Crippen LogP contribution is -2.56. The standard InChI is InChI=1S/C42H81N3/c1-6-8-10-12-14-16-18-20-22-24-26-28-30-32-34-36-38-42(43-3,44-40-41-45(4)5)39-37-35-33-31-29-27-25-23-21-19-17-15-13-11-9-7-2/h14-17,20-23,43-44H,6-13,18-19,24-41H2,1-5H3/b16-14-,17-15-,22-20-,23-21-. The van der Waals surface area contributed by atoms with Crippen molar-refractivity contribution in [3.63, 3.8) is 0 Å². The first-order chi connectivity index (χ1) is 22.1. The minimum Gasteiger partial charge on any atom is -0.308 e. The molecule has 0 saturated carbocycles. The van der Waals surface area contributed by atoms with Gasteiger partial charge in [0, 0.05) is 13.1 Å². The highest BCUT2D eigenvalue weighted by molar-refractivity contribution is 4.93. The van der Waals surface area contributed by atoms with Gasteiger partial charge in [-0.2, -0.15) is 0 Å². The third kappa shape index (κ3) is 32.6. The van der Waals surface area contributed by atoms with E-state index < -0.39 is 0 Å². The maximum Gasteiger partial charge on any atom is 0.0685 e. The highest BCUT2D eigenvalue weighted by Gasteiger charge is 2.26. The largest absolute Gasteiger partial charge is 0.308 e. The van der Waals surface area contributed by atoms with Crippen LogP contribution in [0, 0.1) is 0 Å². The second-order valence-corrected chi connectivity index (χ2v) is 13.7. The molecule has 264 valence electrons. The molecule has 0 spiro atoms. The van der Waals surface area contributed by atoms with Crippen molar-refractivity contribution in [3.05, 3.63) is 48.6 Å². The molecule has 0 aromatic carbocycles. The molecule has 0 radical (unpaired) electrons. The Balaban J connectivity index is 4.05. The SMILES string of the molecule is CCCCC/C=C\C/C=C\CCCCCCCCC(CCCCCCCC/C=C\C/C=C\CCCCC)(NC)NCCN(C)C. The summed E-state index contributed by atoms with van der Waals surface area (Å²) in [5, 5.41) is 7.68. The van der Waals surface area contributed by atoms with Crippen LogP contribution in [-0.2, 0) is 0 Å². The van der Waals surface area contributed by atoms with Crippen LogP contribution in [0.15, 0.2) is 48.6 Å². The second kappa shape index (κ2) is 35.7. The van der Waals surface area contributed by atoms with Crippen LogP contribution < -0.4 is 10.6 Å². The van der Waals surface area contributed by atoms with Crippen molar-refractivity contribution in [2.75, 3.05) is 34.2 Å². The Kier molecular flexibility index (Phi) is 34.8. The molecule has 0 aromatic heterocycles. The molecule has 0 aliphatic carbocycles. The van der Waals surface area contributed by atoms with Crippen molar-refractivity contribution in [3.8, 4) is 0 Å². The predicted octanol–water partition coefficient (Wildman–Crippen LogP) is 12.5. The summed E-state index contributed by atoms with van der Waals surface area (Å²) in [6.45, 7) is 6.69. The van der Waals surface area contributed by atoms with Gasteiger partial charge in [0.25, 0.3) is 0 Å². The van der Waals surface area contributed by atoms with Crippen molar-refractivity contribution >= 4 is 0 Å². The van der Waals surface area contributed by atoms with E-state index in [0.717, 1.165) is 25.9 Å². The van der Waals surface area contributed by atoms with Crippen molar-refractivity contribution in [1.29, 1.82) is 0 Å². The number of nitrogens with one attached hydrogen (secondary N) is 2. The molecule has 0 saturated heterocycles. The van der Waals surface area contributed by atoms with Gasteiger partial charge in [0.1, 0.15) is 0 Å². The van der Waals surface area contributed by atoms with E-state index >= 15 is 0 Å². The number of nitrogens with zero attached hydrogens (tertiary/aromatic N) is 1. The number of unbranched alkanes of at least 4 members (excludes halogenated alkanes) is 18. The zero-order valence-electron chi connectivity index (χ0n) is 31.4. The maximum absolute atomic E-state index is 3.94. The van der Waals surface area contributed by atoms with Gasteiger partial charge in [0.2, 0.25) is 0 Å². The number of allylic oxidation sites excluding steroid dienone is 8. The molecule has 0 atom stereocenters. The Morgan fingerprint density at radius 2 is 0.822 bits per heavy atom. The van der Waals surface area contributed by atoms with Gasteiger partial charge in [0.15, 0.2) is 0 Å². The Bertz CT molecular complexity index is 642. The summed E-state index contributed by atoms with van der Waals surface area (Å²) in [7, 11) is 6.52. The van der Waals surface area contributed by atoms with Gasteiger partial charge in [-0.15, -0.1) is 0 Å². The smallest absolute Gasteiger partial charge is 0.0685 e. The van der Waals surface area contributed by atoms with Crippen molar-refractivity contribution in [2.24, 2.45) is 0 Å². The molecule has 3 nitrogen and oxygen atoms in total. The molecule has 2 N–H and O–H groups in total. The molecular weight excluding hydrogens is 546 g/mol. The average molecular weight is 628 g/mol. The van der Waals surface area contributed by atoms with E-state index in [4.69, 9.17) is 0 Å². The molecule has 0 aromatic rings. The fourth-order valence-corrected chi connectivity index (χ4v) is 5.99. The molecular formula is C42H81N3. The highest BCUT2D eigenvalue weighted by atomic mass is 15.2. The maximum atomic E-state index is 3.94. The van der Waals surface area contributed by atoms with Gasteiger partial charge >= 0.3 is 0 Å². The number of likely N-dealkylation sites (N-methyl/N-ethyl adjacent to an activating group) is 1. The fraction of sp³-hybridized carbons (Fsp3) is 0.810. The third-order valence-corrected chi connectivity index (χ3v) is 9.11. The van der Waals surface area contributed by atoms with E-state index in [2.05, 4.69) is 99.1 Å². The summed E-state index contributed by atoms with van der Waals surface area (Å²) in [6.07, 6.45) is 53.0. The van der Waals surface area contributed by atoms with Gasteiger partial charge in [-0.1, -0.05) is 152 Å². The average Bonchev–Trinajstić information content (AvgIpc) is 3.03. The lowest BCUT2D eigenvalue weighted by molar-refractivity contribution is 0.212. The van der Waals surface area contributed by atoms with E-state index in [0.29, 0.717) is 0 Å². The number of hydrogen-bond donors (Lipinski definition) is 2. The molecule has 45 heavy (non-hydrogen) atoms. The van der Waals surface area contributed by atoms with Gasteiger partial charge in [-0.25, -0.2) is 0 Å². The zero-order chi connectivity index (χ0) is 32.9. The molecule has 0 heterocycles. The summed E-state index contributed by atoms with van der Waals surface area (Å²) < 4.78 is 0. The molecule has 0 amide bonds. The Morgan fingerprint density at radius 3 is 1.18 bits per heavy atom. The van der Waals surface area contributed by atoms with Crippen LogP contribution in [-0.4, -0.2) is 44.8 Å². The minimum absolute atomic E-state index is 0.0977. The Hall–Kier alpha value is -1.16. The van der Waals surface area contributed by atoms with Crippen LogP contribution in [0.3, 0.4) is 0 Å². The van der Waals surface area contributed by atoms with Gasteiger partial charge in [-0.3, -0.25) is 5.32 Å². The minimum atomic E-state index is 0.0977. The normalized spacial score (nSPS) is 12.8. The quantitative estimate of drug-likeness (QED) is 0.0416. The van der Waals surface area contributed by atoms with Crippen LogP contribution in [0.2, 0.25) is 0 Å². The van der Waals surface area contributed by atoms with Crippen molar-refractivity contribution in [1.82, 2.24) is 15.5 Å². The molecule has 0 fully saturated rings. The molecule has 0 rings (SSSR count). The van der Waals surface area contributed by atoms with E-state index in [1.807, 2.05) is 0 Å². The topological polar surface area (TPSA) is 27.3 Å². The molecule has 0 bridgehead atoms. The van der Waals surface area contributed by atoms with Crippen LogP contribution >= 0.6 is 0 Å². The third-order valence-electron chi connectivity index (χ3n) is 9.11. The van der Waals surface area contributed by atoms with Gasteiger partial charge < -0.3 is 10.2 Å². The molecule has 3 heteroatoms. The van der Waals surface area contributed by atoms with Gasteiger partial charge in [-0.05, 0) is 98.2 Å². The van der Waals surface area contributed by atoms with E-state index in [9.17, 15) is 0 Å². The number of hydrogen-bond acceptors (Lipinski definition) is 3. The first-order valence-electron chi connectivity index (χ1n) is 19.8. The summed E-state index contributed by atoms with van der Waals surface area (Å²) in [5.41, 5.74) is 0.0977. The molecule has 0 aliphatic heterocycles. The summed E-state index contributed by atoms with van der Waals surface area (Å²) in [6, 6.07) is 0. The fourth-order valence-electron chi connectivity index (χ4n) is 5.99. The van der Waals surface area contributed by atoms with E-state index in [1.165, 1.54) is 154 Å². The van der Waals surface area contributed by atoms with E-state index in [1.54, 1.807) is 0 Å². The molecule has 0 unspecified atom stereocenters. The number of rotatable bonds is 35. The monoisotopic (exact) mass is 628 g/mol. The van der Waals surface area contributed by atoms with Crippen molar-refractivity contribution < 1.29 is 0 Å². The van der Waals surface area contributed by atoms with Crippen LogP contribution in [0.1, 0.15) is 181 Å². The van der Waals surface area contributed by atoms with Crippen LogP contribution in [0.5, 0.6) is 0 Å². The lowest BCUT2D eigenvalue weighted by atomic mass is 9.93. The predicted molar refractivity (Wildman–Crippen MR) is 206 cm³/mol. The van der Waals surface area contributed by atoms with Crippen LogP contribution in [0.25, 0.3) is 0 Å². The first kappa shape index (κ1) is 43.8. The first-order valence-corrected chi connectivity index (χ1v) is 19.8. The lowest BCUT2D eigenvalue weighted by Gasteiger charge is -2.36. The summed E-state index contributed by atoms with van der Waals surface area (Å²) in [5.74, 6) is 0. The Morgan fingerprint density at radius 1 is 0.467 bits per heavy atom.